The topological polar surface area (TPSA) is 17.8 Å². The Morgan fingerprint density at radius 2 is 0.786 bits per heavy atom. The molecule has 0 N–H and O–H groups in total. The zero-order chi connectivity index (χ0) is 30.0. The van der Waals surface area contributed by atoms with Crippen molar-refractivity contribution >= 4 is 6.08 Å². The molecular formula is C40H76N2. The molecule has 1 aromatic rings. The van der Waals surface area contributed by atoms with Crippen LogP contribution in [0.4, 0.5) is 0 Å². The molecule has 0 atom stereocenters. The average Bonchev–Trinajstić information content (AvgIpc) is 3.45. The number of unbranched alkanes of at least 4 members (excludes halogenated alkanes) is 30. The highest BCUT2D eigenvalue weighted by molar-refractivity contribution is 5.40. The van der Waals surface area contributed by atoms with E-state index >= 15 is 0 Å². The summed E-state index contributed by atoms with van der Waals surface area (Å²) in [6, 6.07) is 0. The minimum absolute atomic E-state index is 1.12. The minimum atomic E-state index is 1.12. The van der Waals surface area contributed by atoms with E-state index in [1.165, 1.54) is 205 Å². The van der Waals surface area contributed by atoms with Gasteiger partial charge in [0.05, 0.1) is 0 Å². The lowest BCUT2D eigenvalue weighted by atomic mass is 10.0. The highest BCUT2D eigenvalue weighted by Gasteiger charge is 2.00. The van der Waals surface area contributed by atoms with Crippen molar-refractivity contribution in [3.8, 4) is 0 Å². The van der Waals surface area contributed by atoms with Crippen molar-refractivity contribution in [2.24, 2.45) is 0 Å². The molecule has 0 aromatic carbocycles. The SMILES string of the molecule is CCCCCCCCCCCCCCCCCC=Cc1nccn1CCCCCCCCCCCCCCCCCC. The van der Waals surface area contributed by atoms with Crippen molar-refractivity contribution in [3.05, 3.63) is 24.3 Å². The summed E-state index contributed by atoms with van der Waals surface area (Å²) in [5.74, 6) is 1.15. The van der Waals surface area contributed by atoms with Crippen LogP contribution in [0.5, 0.6) is 0 Å². The third-order valence-corrected chi connectivity index (χ3v) is 9.24. The van der Waals surface area contributed by atoms with Crippen molar-refractivity contribution in [2.45, 2.75) is 226 Å². The lowest BCUT2D eigenvalue weighted by Gasteiger charge is -2.06. The van der Waals surface area contributed by atoms with E-state index in [0.29, 0.717) is 0 Å². The largest absolute Gasteiger partial charge is 0.332 e. The molecule has 0 radical (unpaired) electrons. The molecule has 2 nitrogen and oxygen atoms in total. The Bertz CT molecular complexity index is 660. The van der Waals surface area contributed by atoms with Crippen molar-refractivity contribution < 1.29 is 0 Å². The monoisotopic (exact) mass is 585 g/mol. The zero-order valence-corrected chi connectivity index (χ0v) is 29.0. The van der Waals surface area contributed by atoms with Gasteiger partial charge in [0.1, 0.15) is 5.82 Å². The van der Waals surface area contributed by atoms with Crippen molar-refractivity contribution in [2.75, 3.05) is 0 Å². The van der Waals surface area contributed by atoms with E-state index in [1.807, 2.05) is 6.20 Å². The van der Waals surface area contributed by atoms with E-state index in [-0.39, 0.29) is 0 Å². The van der Waals surface area contributed by atoms with Gasteiger partial charge in [0.15, 0.2) is 0 Å². The maximum atomic E-state index is 4.60. The molecule has 2 heteroatoms. The molecule has 0 bridgehead atoms. The summed E-state index contributed by atoms with van der Waals surface area (Å²) in [7, 11) is 0. The second-order valence-corrected chi connectivity index (χ2v) is 13.4. The third kappa shape index (κ3) is 26.6. The number of rotatable bonds is 34. The predicted molar refractivity (Wildman–Crippen MR) is 190 cm³/mol. The number of allylic oxidation sites excluding steroid dienone is 1. The third-order valence-electron chi connectivity index (χ3n) is 9.24. The summed E-state index contributed by atoms with van der Waals surface area (Å²) in [6.45, 7) is 5.73. The standard InChI is InChI=1S/C40H76N2/c1-3-5-7-9-11-13-15-17-19-21-22-24-26-28-30-32-34-36-40-41-37-39-42(40)38-35-33-31-29-27-25-23-20-18-16-14-12-10-8-6-4-2/h34,36-37,39H,3-33,35,38H2,1-2H3. The molecule has 0 aliphatic heterocycles. The van der Waals surface area contributed by atoms with Crippen LogP contribution >= 0.6 is 0 Å². The van der Waals surface area contributed by atoms with Crippen molar-refractivity contribution in [3.63, 3.8) is 0 Å². The van der Waals surface area contributed by atoms with Crippen LogP contribution in [0.2, 0.25) is 0 Å². The first-order valence-corrected chi connectivity index (χ1v) is 19.6. The van der Waals surface area contributed by atoms with E-state index < -0.39 is 0 Å². The molecule has 1 heterocycles. The summed E-state index contributed by atoms with van der Waals surface area (Å²) in [4.78, 5) is 4.60. The molecule has 0 spiro atoms. The van der Waals surface area contributed by atoms with E-state index in [4.69, 9.17) is 0 Å². The fourth-order valence-electron chi connectivity index (χ4n) is 6.32. The minimum Gasteiger partial charge on any atom is -0.332 e. The Morgan fingerprint density at radius 1 is 0.452 bits per heavy atom. The van der Waals surface area contributed by atoms with Crippen molar-refractivity contribution in [1.29, 1.82) is 0 Å². The average molecular weight is 585 g/mol. The Morgan fingerprint density at radius 3 is 1.17 bits per heavy atom. The summed E-state index contributed by atoms with van der Waals surface area (Å²) in [5, 5.41) is 0. The number of aryl methyl sites for hydroxylation is 1. The highest BCUT2D eigenvalue weighted by atomic mass is 15.0. The van der Waals surface area contributed by atoms with Gasteiger partial charge in [0, 0.05) is 18.9 Å². The van der Waals surface area contributed by atoms with Gasteiger partial charge < -0.3 is 4.57 Å². The molecule has 0 amide bonds. The number of nitrogens with zero attached hydrogens (tertiary/aromatic N) is 2. The second kappa shape index (κ2) is 32.9. The highest BCUT2D eigenvalue weighted by Crippen LogP contribution is 2.16. The lowest BCUT2D eigenvalue weighted by molar-refractivity contribution is 0.520. The van der Waals surface area contributed by atoms with Gasteiger partial charge in [-0.1, -0.05) is 206 Å². The predicted octanol–water partition coefficient (Wildman–Crippen LogP) is 14.4. The molecule has 246 valence electrons. The molecule has 0 fully saturated rings. The van der Waals surface area contributed by atoms with Crippen LogP contribution in [0.25, 0.3) is 6.08 Å². The quantitative estimate of drug-likeness (QED) is 0.0737. The van der Waals surface area contributed by atoms with Gasteiger partial charge in [-0.05, 0) is 25.3 Å². The molecule has 42 heavy (non-hydrogen) atoms. The maximum absolute atomic E-state index is 4.60. The molecule has 0 aliphatic carbocycles. The molecule has 0 saturated carbocycles. The van der Waals surface area contributed by atoms with Gasteiger partial charge in [0.2, 0.25) is 0 Å². The zero-order valence-electron chi connectivity index (χ0n) is 29.0. The van der Waals surface area contributed by atoms with Gasteiger partial charge in [-0.15, -0.1) is 0 Å². The summed E-state index contributed by atoms with van der Waals surface area (Å²) in [5.41, 5.74) is 0. The number of aromatic nitrogens is 2. The van der Waals surface area contributed by atoms with Crippen LogP contribution in [0.15, 0.2) is 18.5 Å². The molecule has 0 aliphatic rings. The smallest absolute Gasteiger partial charge is 0.132 e. The summed E-state index contributed by atoms with van der Waals surface area (Å²) < 4.78 is 2.35. The van der Waals surface area contributed by atoms with Crippen LogP contribution in [0.3, 0.4) is 0 Å². The van der Waals surface area contributed by atoms with E-state index in [1.54, 1.807) is 0 Å². The maximum Gasteiger partial charge on any atom is 0.132 e. The molecule has 1 rings (SSSR count). The van der Waals surface area contributed by atoms with E-state index in [9.17, 15) is 0 Å². The van der Waals surface area contributed by atoms with Crippen LogP contribution in [0.1, 0.15) is 225 Å². The Labute approximate surface area is 265 Å². The first-order valence-electron chi connectivity index (χ1n) is 19.6. The van der Waals surface area contributed by atoms with Crippen molar-refractivity contribution in [1.82, 2.24) is 9.55 Å². The number of hydrogen-bond acceptors (Lipinski definition) is 1. The Balaban J connectivity index is 1.85. The lowest BCUT2D eigenvalue weighted by Crippen LogP contribution is -1.99. The second-order valence-electron chi connectivity index (χ2n) is 13.4. The summed E-state index contributed by atoms with van der Waals surface area (Å²) >= 11 is 0. The summed E-state index contributed by atoms with van der Waals surface area (Å²) in [6.07, 6.45) is 54.3. The Kier molecular flexibility index (Phi) is 30.5. The van der Waals surface area contributed by atoms with Crippen LogP contribution < -0.4 is 0 Å². The number of imidazole rings is 1. The van der Waals surface area contributed by atoms with Gasteiger partial charge in [-0.25, -0.2) is 4.98 Å². The first-order chi connectivity index (χ1) is 20.9. The van der Waals surface area contributed by atoms with Gasteiger partial charge in [-0.2, -0.15) is 0 Å². The Hall–Kier alpha value is -1.05. The molecule has 0 saturated heterocycles. The molecule has 0 unspecified atom stereocenters. The van der Waals surface area contributed by atoms with E-state index in [2.05, 4.69) is 41.7 Å². The normalized spacial score (nSPS) is 11.8. The number of hydrogen-bond donors (Lipinski definition) is 0. The van der Waals surface area contributed by atoms with Gasteiger partial charge >= 0.3 is 0 Å². The van der Waals surface area contributed by atoms with Gasteiger partial charge in [0.25, 0.3) is 0 Å². The van der Waals surface area contributed by atoms with E-state index in [0.717, 1.165) is 12.4 Å². The molecular weight excluding hydrogens is 508 g/mol. The van der Waals surface area contributed by atoms with Crippen LogP contribution in [0, 0.1) is 0 Å². The van der Waals surface area contributed by atoms with Crippen LogP contribution in [-0.4, -0.2) is 9.55 Å². The van der Waals surface area contributed by atoms with Gasteiger partial charge in [-0.3, -0.25) is 0 Å². The molecule has 1 aromatic heterocycles. The first kappa shape index (κ1) is 39.0. The van der Waals surface area contributed by atoms with Crippen LogP contribution in [-0.2, 0) is 6.54 Å². The fourth-order valence-corrected chi connectivity index (χ4v) is 6.32. The fraction of sp³-hybridized carbons (Fsp3) is 0.875.